The van der Waals surface area contributed by atoms with Crippen LogP contribution < -0.4 is 9.57 Å². The molecule has 1 heterocycles. The van der Waals surface area contributed by atoms with E-state index in [0.29, 0.717) is 0 Å². The summed E-state index contributed by atoms with van der Waals surface area (Å²) in [5.74, 6) is 0.857. The van der Waals surface area contributed by atoms with E-state index >= 15 is 0 Å². The maximum Gasteiger partial charge on any atom is 0.265 e. The highest BCUT2D eigenvalue weighted by Gasteiger charge is 2.14. The number of hydrogen-bond donors (Lipinski definition) is 0. The highest BCUT2D eigenvalue weighted by molar-refractivity contribution is 6.10. The predicted octanol–water partition coefficient (Wildman–Crippen LogP) is 5.28. The monoisotopic (exact) mass is 322 g/mol. The van der Waals surface area contributed by atoms with Gasteiger partial charge in [-0.1, -0.05) is 60.7 Å². The van der Waals surface area contributed by atoms with Crippen molar-refractivity contribution in [1.82, 2.24) is 0 Å². The topological polar surface area (TPSA) is 13.1 Å². The van der Waals surface area contributed by atoms with Crippen molar-refractivity contribution in [3.8, 4) is 5.75 Å². The number of para-hydroxylation sites is 1. The second-order valence-electron chi connectivity index (χ2n) is 6.13. The maximum absolute atomic E-state index is 6.33. The largest absolute Gasteiger partial charge is 0.265 e. The van der Waals surface area contributed by atoms with Crippen LogP contribution in [0.4, 0.5) is 0 Å². The molecule has 4 aromatic carbocycles. The molecule has 0 unspecified atom stereocenters. The lowest BCUT2D eigenvalue weighted by atomic mass is 10.0. The van der Waals surface area contributed by atoms with Gasteiger partial charge in [-0.15, -0.1) is 0 Å². The first-order chi connectivity index (χ1) is 12.4. The second kappa shape index (κ2) is 5.60. The van der Waals surface area contributed by atoms with Crippen LogP contribution in [0.3, 0.4) is 0 Å². The molecule has 0 aliphatic heterocycles. The fourth-order valence-electron chi connectivity index (χ4n) is 3.42. The standard InChI is InChI=1S/C23H16NO/c1-3-11-19-18(9-1)16-23(21-13-5-4-12-20(19)21)25-24-15-7-10-17-8-2-6-14-22(17)24/h1-16H/q+1. The molecule has 0 aliphatic rings. The average Bonchev–Trinajstić information content (AvgIpc) is 2.68. The van der Waals surface area contributed by atoms with Crippen LogP contribution in [-0.4, -0.2) is 0 Å². The van der Waals surface area contributed by atoms with Crippen molar-refractivity contribution in [2.24, 2.45) is 0 Å². The average molecular weight is 322 g/mol. The van der Waals surface area contributed by atoms with E-state index in [1.165, 1.54) is 16.2 Å². The van der Waals surface area contributed by atoms with Crippen LogP contribution in [-0.2, 0) is 0 Å². The fraction of sp³-hybridized carbons (Fsp3) is 0. The van der Waals surface area contributed by atoms with Crippen molar-refractivity contribution in [3.05, 3.63) is 97.2 Å². The summed E-state index contributed by atoms with van der Waals surface area (Å²) in [6, 6.07) is 31.3. The fourth-order valence-corrected chi connectivity index (χ4v) is 3.42. The summed E-state index contributed by atoms with van der Waals surface area (Å²) in [5, 5.41) is 5.89. The van der Waals surface area contributed by atoms with Crippen LogP contribution >= 0.6 is 0 Å². The Balaban J connectivity index is 1.77. The molecule has 0 atom stereocenters. The molecular weight excluding hydrogens is 306 g/mol. The molecule has 5 rings (SSSR count). The SMILES string of the molecule is c1ccc2c(c1)cc(O[n+]1cccc3ccccc31)c1ccccc12. The van der Waals surface area contributed by atoms with E-state index in [4.69, 9.17) is 4.84 Å². The number of pyridine rings is 1. The molecule has 0 saturated heterocycles. The van der Waals surface area contributed by atoms with Gasteiger partial charge in [0.05, 0.1) is 5.39 Å². The lowest BCUT2D eigenvalue weighted by Gasteiger charge is -2.08. The van der Waals surface area contributed by atoms with Crippen molar-refractivity contribution in [3.63, 3.8) is 0 Å². The van der Waals surface area contributed by atoms with Gasteiger partial charge in [0.15, 0.2) is 0 Å². The number of hydrogen-bond acceptors (Lipinski definition) is 1. The molecule has 2 nitrogen and oxygen atoms in total. The van der Waals surface area contributed by atoms with Crippen molar-refractivity contribution in [1.29, 1.82) is 0 Å². The van der Waals surface area contributed by atoms with Gasteiger partial charge in [-0.3, -0.25) is 0 Å². The molecule has 118 valence electrons. The van der Waals surface area contributed by atoms with Crippen LogP contribution in [0.5, 0.6) is 5.75 Å². The van der Waals surface area contributed by atoms with Gasteiger partial charge in [0.25, 0.3) is 5.52 Å². The smallest absolute Gasteiger partial charge is 0.230 e. The molecule has 5 aromatic rings. The minimum atomic E-state index is 0.857. The van der Waals surface area contributed by atoms with E-state index < -0.39 is 0 Å². The summed E-state index contributed by atoms with van der Waals surface area (Å²) >= 11 is 0. The Labute approximate surface area is 145 Å². The van der Waals surface area contributed by atoms with Gasteiger partial charge in [0.2, 0.25) is 11.9 Å². The lowest BCUT2D eigenvalue weighted by molar-refractivity contribution is -0.854. The van der Waals surface area contributed by atoms with Gasteiger partial charge < -0.3 is 0 Å². The molecule has 1 aromatic heterocycles. The van der Waals surface area contributed by atoms with Crippen molar-refractivity contribution >= 4 is 32.4 Å². The number of rotatable bonds is 2. The Morgan fingerprint density at radius 1 is 0.560 bits per heavy atom. The minimum Gasteiger partial charge on any atom is -0.230 e. The molecule has 0 radical (unpaired) electrons. The lowest BCUT2D eigenvalue weighted by Crippen LogP contribution is -2.39. The van der Waals surface area contributed by atoms with E-state index in [1.54, 1.807) is 0 Å². The third-order valence-corrected chi connectivity index (χ3v) is 4.60. The highest BCUT2D eigenvalue weighted by atomic mass is 16.7. The quantitative estimate of drug-likeness (QED) is 0.318. The first kappa shape index (κ1) is 14.0. The van der Waals surface area contributed by atoms with Crippen molar-refractivity contribution in [2.75, 3.05) is 0 Å². The molecule has 0 spiro atoms. The number of fused-ring (bicyclic) bond motifs is 4. The molecule has 0 aliphatic carbocycles. The first-order valence-electron chi connectivity index (χ1n) is 8.38. The number of nitrogens with zero attached hydrogens (tertiary/aromatic N) is 1. The van der Waals surface area contributed by atoms with Crippen LogP contribution in [0.15, 0.2) is 97.2 Å². The molecular formula is C23H16NO+. The Bertz CT molecular complexity index is 1220. The molecule has 0 saturated carbocycles. The summed E-state index contributed by atoms with van der Waals surface area (Å²) in [4.78, 5) is 6.33. The van der Waals surface area contributed by atoms with E-state index in [0.717, 1.165) is 22.0 Å². The van der Waals surface area contributed by atoms with Crippen LogP contribution in [0.2, 0.25) is 0 Å². The molecule has 2 heteroatoms. The van der Waals surface area contributed by atoms with Crippen LogP contribution in [0, 0.1) is 0 Å². The summed E-state index contributed by atoms with van der Waals surface area (Å²) in [7, 11) is 0. The van der Waals surface area contributed by atoms with Gasteiger partial charge in [-0.2, -0.15) is 0 Å². The van der Waals surface area contributed by atoms with Gasteiger partial charge in [-0.25, -0.2) is 4.84 Å². The van der Waals surface area contributed by atoms with Gasteiger partial charge in [-0.05, 0) is 34.4 Å². The Hall–Kier alpha value is -3.39. The van der Waals surface area contributed by atoms with Crippen LogP contribution in [0.1, 0.15) is 0 Å². The van der Waals surface area contributed by atoms with Crippen molar-refractivity contribution < 1.29 is 9.57 Å². The van der Waals surface area contributed by atoms with Crippen molar-refractivity contribution in [2.45, 2.75) is 0 Å². The Morgan fingerprint density at radius 2 is 1.20 bits per heavy atom. The second-order valence-corrected chi connectivity index (χ2v) is 6.13. The molecule has 25 heavy (non-hydrogen) atoms. The number of aromatic nitrogens is 1. The van der Waals surface area contributed by atoms with E-state index in [1.807, 2.05) is 29.1 Å². The minimum absolute atomic E-state index is 0.857. The maximum atomic E-state index is 6.33. The summed E-state index contributed by atoms with van der Waals surface area (Å²) < 4.78 is 1.84. The van der Waals surface area contributed by atoms with Gasteiger partial charge in [0, 0.05) is 22.2 Å². The van der Waals surface area contributed by atoms with E-state index in [-0.39, 0.29) is 0 Å². The van der Waals surface area contributed by atoms with Gasteiger partial charge in [0.1, 0.15) is 0 Å². The first-order valence-corrected chi connectivity index (χ1v) is 8.38. The van der Waals surface area contributed by atoms with Crippen LogP contribution in [0.25, 0.3) is 32.4 Å². The highest BCUT2D eigenvalue weighted by Crippen LogP contribution is 2.33. The van der Waals surface area contributed by atoms with Gasteiger partial charge >= 0.3 is 0 Å². The zero-order valence-corrected chi connectivity index (χ0v) is 13.6. The number of benzene rings is 4. The summed E-state index contributed by atoms with van der Waals surface area (Å²) in [6.07, 6.45) is 1.95. The summed E-state index contributed by atoms with van der Waals surface area (Å²) in [6.45, 7) is 0. The third-order valence-electron chi connectivity index (χ3n) is 4.60. The normalized spacial score (nSPS) is 11.2. The molecule has 0 N–H and O–H groups in total. The summed E-state index contributed by atoms with van der Waals surface area (Å²) in [5.41, 5.74) is 1.04. The third kappa shape index (κ3) is 2.31. The zero-order valence-electron chi connectivity index (χ0n) is 13.6. The van der Waals surface area contributed by atoms with E-state index in [2.05, 4.69) is 72.8 Å². The molecule has 0 fully saturated rings. The molecule has 0 bridgehead atoms. The zero-order chi connectivity index (χ0) is 16.6. The van der Waals surface area contributed by atoms with E-state index in [9.17, 15) is 0 Å². The Morgan fingerprint density at radius 3 is 2.08 bits per heavy atom. The Kier molecular flexibility index (Phi) is 3.14. The predicted molar refractivity (Wildman–Crippen MR) is 102 cm³/mol. The molecule has 0 amide bonds.